The molecular weight excluding hydrogens is 136 g/mol. The van der Waals surface area contributed by atoms with Gasteiger partial charge in [0, 0.05) is 6.42 Å². The van der Waals surface area contributed by atoms with Gasteiger partial charge in [-0.25, -0.2) is 0 Å². The summed E-state index contributed by atoms with van der Waals surface area (Å²) in [5.41, 5.74) is 0. The van der Waals surface area contributed by atoms with Crippen LogP contribution in [0.4, 0.5) is 0 Å². The van der Waals surface area contributed by atoms with Crippen molar-refractivity contribution in [2.45, 2.75) is 6.42 Å². The molecule has 0 N–H and O–H groups in total. The molecule has 0 aromatic heterocycles. The van der Waals surface area contributed by atoms with E-state index in [1.807, 2.05) is 17.6 Å². The van der Waals surface area contributed by atoms with Gasteiger partial charge >= 0.3 is 0 Å². The molecule has 0 nitrogen and oxygen atoms in total. The van der Waals surface area contributed by atoms with E-state index in [-0.39, 0.29) is 0 Å². The van der Waals surface area contributed by atoms with Gasteiger partial charge in [0.2, 0.25) is 0 Å². The molecule has 1 aliphatic heterocycles. The second-order valence-corrected chi connectivity index (χ2v) is 3.20. The molecule has 1 heterocycles. The Bertz CT molecular complexity index is 129. The standard InChI is InChI=1S/C6H6S2/c7-6-4-2-1-3-5-8-6/h1-3,5H,4H2. The van der Waals surface area contributed by atoms with E-state index in [1.165, 1.54) is 0 Å². The Morgan fingerprint density at radius 3 is 3.25 bits per heavy atom. The molecule has 1 rings (SSSR count). The van der Waals surface area contributed by atoms with E-state index in [1.54, 1.807) is 11.8 Å². The monoisotopic (exact) mass is 142 g/mol. The summed E-state index contributed by atoms with van der Waals surface area (Å²) < 4.78 is 1.05. The zero-order valence-corrected chi connectivity index (χ0v) is 5.97. The average molecular weight is 142 g/mol. The van der Waals surface area contributed by atoms with Gasteiger partial charge in [-0.1, -0.05) is 42.2 Å². The van der Waals surface area contributed by atoms with Gasteiger partial charge in [0.1, 0.15) is 0 Å². The van der Waals surface area contributed by atoms with Gasteiger partial charge < -0.3 is 0 Å². The fourth-order valence-electron chi connectivity index (χ4n) is 0.451. The molecule has 0 spiro atoms. The highest BCUT2D eigenvalue weighted by molar-refractivity contribution is 8.25. The van der Waals surface area contributed by atoms with Crippen molar-refractivity contribution in [3.8, 4) is 0 Å². The third-order valence-corrected chi connectivity index (χ3v) is 1.99. The Balaban J connectivity index is 2.58. The average Bonchev–Trinajstić information content (AvgIpc) is 1.94. The van der Waals surface area contributed by atoms with Crippen molar-refractivity contribution in [3.05, 3.63) is 23.6 Å². The SMILES string of the molecule is S=C1CC=CC=CS1. The summed E-state index contributed by atoms with van der Waals surface area (Å²) in [5.74, 6) is 0. The van der Waals surface area contributed by atoms with Crippen LogP contribution in [0.3, 0.4) is 0 Å². The summed E-state index contributed by atoms with van der Waals surface area (Å²) in [7, 11) is 0. The first-order valence-electron chi connectivity index (χ1n) is 2.41. The third-order valence-electron chi connectivity index (χ3n) is 0.810. The van der Waals surface area contributed by atoms with Crippen LogP contribution in [0.15, 0.2) is 23.6 Å². The number of hydrogen-bond acceptors (Lipinski definition) is 2. The lowest BCUT2D eigenvalue weighted by atomic mass is 10.4. The Morgan fingerprint density at radius 1 is 1.50 bits per heavy atom. The second-order valence-electron chi connectivity index (χ2n) is 1.45. The van der Waals surface area contributed by atoms with Crippen LogP contribution in [0.25, 0.3) is 0 Å². The lowest BCUT2D eigenvalue weighted by Crippen LogP contribution is -1.77. The number of thiocarbonyl (C=S) groups is 1. The van der Waals surface area contributed by atoms with Crippen molar-refractivity contribution in [2.24, 2.45) is 0 Å². The molecule has 0 saturated heterocycles. The first-order chi connectivity index (χ1) is 3.89. The predicted molar refractivity (Wildman–Crippen MR) is 43.1 cm³/mol. The highest BCUT2D eigenvalue weighted by atomic mass is 32.2. The molecule has 1 aliphatic rings. The molecule has 0 aromatic rings. The summed E-state index contributed by atoms with van der Waals surface area (Å²) in [6, 6.07) is 0. The topological polar surface area (TPSA) is 0 Å². The van der Waals surface area contributed by atoms with Crippen LogP contribution in [0, 0.1) is 0 Å². The van der Waals surface area contributed by atoms with Crippen molar-refractivity contribution >= 4 is 28.2 Å². The number of rotatable bonds is 0. The van der Waals surface area contributed by atoms with Crippen molar-refractivity contribution in [1.82, 2.24) is 0 Å². The van der Waals surface area contributed by atoms with Gasteiger partial charge in [0.25, 0.3) is 0 Å². The Hall–Kier alpha value is -0.0800. The van der Waals surface area contributed by atoms with Crippen LogP contribution in [0.1, 0.15) is 6.42 Å². The highest BCUT2D eigenvalue weighted by Crippen LogP contribution is 2.12. The summed E-state index contributed by atoms with van der Waals surface area (Å²) in [4.78, 5) is 0. The van der Waals surface area contributed by atoms with Crippen molar-refractivity contribution < 1.29 is 0 Å². The maximum atomic E-state index is 4.95. The third kappa shape index (κ3) is 1.80. The van der Waals surface area contributed by atoms with E-state index in [0.29, 0.717) is 0 Å². The minimum atomic E-state index is 0.938. The molecule has 2 heteroatoms. The minimum absolute atomic E-state index is 0.938. The van der Waals surface area contributed by atoms with Gasteiger partial charge in [-0.2, -0.15) is 0 Å². The van der Waals surface area contributed by atoms with Gasteiger partial charge in [-0.05, 0) is 5.41 Å². The molecule has 0 saturated carbocycles. The molecule has 0 bridgehead atoms. The number of hydrogen-bond donors (Lipinski definition) is 0. The number of allylic oxidation sites excluding steroid dienone is 3. The molecule has 0 fully saturated rings. The quantitative estimate of drug-likeness (QED) is 0.477. The molecule has 8 heavy (non-hydrogen) atoms. The maximum Gasteiger partial charge on any atom is 0.0558 e. The van der Waals surface area contributed by atoms with Crippen molar-refractivity contribution in [1.29, 1.82) is 0 Å². The first-order valence-corrected chi connectivity index (χ1v) is 3.69. The van der Waals surface area contributed by atoms with Crippen LogP contribution >= 0.6 is 24.0 Å². The van der Waals surface area contributed by atoms with E-state index >= 15 is 0 Å². The highest BCUT2D eigenvalue weighted by Gasteiger charge is 1.91. The number of thioether (sulfide) groups is 1. The Labute approximate surface area is 58.7 Å². The van der Waals surface area contributed by atoms with Gasteiger partial charge in [-0.3, -0.25) is 0 Å². The van der Waals surface area contributed by atoms with Gasteiger partial charge in [0.05, 0.1) is 4.20 Å². The zero-order chi connectivity index (χ0) is 5.82. The van der Waals surface area contributed by atoms with Crippen molar-refractivity contribution in [3.63, 3.8) is 0 Å². The van der Waals surface area contributed by atoms with Crippen LogP contribution < -0.4 is 0 Å². The lowest BCUT2D eigenvalue weighted by Gasteiger charge is -1.87. The molecule has 0 atom stereocenters. The van der Waals surface area contributed by atoms with Gasteiger partial charge in [0.15, 0.2) is 0 Å². The summed E-state index contributed by atoms with van der Waals surface area (Å²) in [5, 5.41) is 2.01. The molecule has 0 amide bonds. The zero-order valence-electron chi connectivity index (χ0n) is 4.33. The summed E-state index contributed by atoms with van der Waals surface area (Å²) in [6.45, 7) is 0. The van der Waals surface area contributed by atoms with E-state index < -0.39 is 0 Å². The Morgan fingerprint density at radius 2 is 2.38 bits per heavy atom. The van der Waals surface area contributed by atoms with Crippen molar-refractivity contribution in [2.75, 3.05) is 0 Å². The summed E-state index contributed by atoms with van der Waals surface area (Å²) >= 11 is 6.58. The normalized spacial score (nSPS) is 18.8. The molecule has 0 radical (unpaired) electrons. The van der Waals surface area contributed by atoms with Crippen LogP contribution in [-0.4, -0.2) is 4.20 Å². The van der Waals surface area contributed by atoms with E-state index in [9.17, 15) is 0 Å². The largest absolute Gasteiger partial charge is 0.0904 e. The molecule has 0 unspecified atom stereocenters. The summed E-state index contributed by atoms with van der Waals surface area (Å²) in [6.07, 6.45) is 7.03. The fourth-order valence-corrected chi connectivity index (χ4v) is 1.23. The van der Waals surface area contributed by atoms with E-state index in [2.05, 4.69) is 6.08 Å². The van der Waals surface area contributed by atoms with Crippen LogP contribution in [0.2, 0.25) is 0 Å². The smallest absolute Gasteiger partial charge is 0.0558 e. The molecule has 0 aliphatic carbocycles. The first kappa shape index (κ1) is 6.05. The van der Waals surface area contributed by atoms with Gasteiger partial charge in [-0.15, -0.1) is 0 Å². The van der Waals surface area contributed by atoms with Crippen LogP contribution in [-0.2, 0) is 0 Å². The second kappa shape index (κ2) is 3.05. The minimum Gasteiger partial charge on any atom is -0.0904 e. The molecule has 0 aromatic carbocycles. The Kier molecular flexibility index (Phi) is 2.30. The maximum absolute atomic E-state index is 4.95. The van der Waals surface area contributed by atoms with Crippen LogP contribution in [0.5, 0.6) is 0 Å². The van der Waals surface area contributed by atoms with E-state index in [4.69, 9.17) is 12.2 Å². The predicted octanol–water partition coefficient (Wildman–Crippen LogP) is 2.52. The van der Waals surface area contributed by atoms with E-state index in [0.717, 1.165) is 10.6 Å². The fraction of sp³-hybridized carbons (Fsp3) is 0.167. The molecular formula is C6H6S2. The molecule has 42 valence electrons. The lowest BCUT2D eigenvalue weighted by molar-refractivity contribution is 1.56.